The molecule has 3 rings (SSSR count). The predicted molar refractivity (Wildman–Crippen MR) is 68.7 cm³/mol. The molecule has 2 heterocycles. The molecule has 0 aliphatic rings. The minimum Gasteiger partial charge on any atom is -0.341 e. The zero-order valence-corrected chi connectivity index (χ0v) is 10.2. The molecule has 1 N–H and O–H groups in total. The zero-order valence-electron chi connectivity index (χ0n) is 8.62. The number of halogens is 1. The molecule has 0 spiro atoms. The van der Waals surface area contributed by atoms with Crippen LogP contribution in [0.3, 0.4) is 0 Å². The summed E-state index contributed by atoms with van der Waals surface area (Å²) < 4.78 is 3.11. The molecule has 1 aromatic carbocycles. The van der Waals surface area contributed by atoms with E-state index in [9.17, 15) is 4.79 Å². The van der Waals surface area contributed by atoms with E-state index >= 15 is 0 Å². The molecular formula is C12H9BrN2O. The Hall–Kier alpha value is -1.55. The van der Waals surface area contributed by atoms with E-state index in [0.717, 1.165) is 26.3 Å². The maximum Gasteiger partial charge on any atom is 0.248 e. The second-order valence-corrected chi connectivity index (χ2v) is 4.65. The number of H-pyrrole nitrogens is 1. The topological polar surface area (TPSA) is 37.8 Å². The van der Waals surface area contributed by atoms with E-state index in [2.05, 4.69) is 25.5 Å². The normalized spacial score (nSPS) is 11.4. The smallest absolute Gasteiger partial charge is 0.248 e. The number of benzene rings is 1. The Balaban J connectivity index is 2.70. The molecule has 2 aromatic heterocycles. The molecule has 0 saturated carbocycles. The first-order valence-corrected chi connectivity index (χ1v) is 5.73. The summed E-state index contributed by atoms with van der Waals surface area (Å²) in [7, 11) is 1.99. The summed E-state index contributed by atoms with van der Waals surface area (Å²) >= 11 is 3.54. The molecule has 0 aliphatic heterocycles. The quantitative estimate of drug-likeness (QED) is 0.674. The van der Waals surface area contributed by atoms with Gasteiger partial charge in [-0.25, -0.2) is 0 Å². The van der Waals surface area contributed by atoms with Gasteiger partial charge in [-0.2, -0.15) is 0 Å². The van der Waals surface area contributed by atoms with Crippen molar-refractivity contribution in [1.82, 2.24) is 9.55 Å². The van der Waals surface area contributed by atoms with E-state index in [1.807, 2.05) is 25.2 Å². The average Bonchev–Trinajstić information content (AvgIpc) is 2.54. The van der Waals surface area contributed by atoms with Crippen LogP contribution in [0, 0.1) is 0 Å². The van der Waals surface area contributed by atoms with Crippen LogP contribution in [0.4, 0.5) is 0 Å². The number of nitrogens with one attached hydrogen (secondary N) is 1. The van der Waals surface area contributed by atoms with Gasteiger partial charge in [0, 0.05) is 34.6 Å². The van der Waals surface area contributed by atoms with Crippen LogP contribution in [0.15, 0.2) is 39.7 Å². The SMILES string of the molecule is Cn1c2c[nH]c(=O)cc2c2cccc(Br)c21. The third-order valence-electron chi connectivity index (χ3n) is 2.88. The minimum absolute atomic E-state index is 0.0695. The lowest BCUT2D eigenvalue weighted by atomic mass is 10.2. The third kappa shape index (κ3) is 1.16. The maximum atomic E-state index is 11.3. The highest BCUT2D eigenvalue weighted by Gasteiger charge is 2.10. The van der Waals surface area contributed by atoms with Gasteiger partial charge in [0.25, 0.3) is 0 Å². The molecule has 0 radical (unpaired) electrons. The fourth-order valence-electron chi connectivity index (χ4n) is 2.15. The molecule has 4 heteroatoms. The highest BCUT2D eigenvalue weighted by molar-refractivity contribution is 9.10. The Bertz CT molecular complexity index is 755. The van der Waals surface area contributed by atoms with E-state index in [0.29, 0.717) is 0 Å². The van der Waals surface area contributed by atoms with Gasteiger partial charge in [-0.15, -0.1) is 0 Å². The number of hydrogen-bond acceptors (Lipinski definition) is 1. The van der Waals surface area contributed by atoms with Crippen molar-refractivity contribution in [3.05, 3.63) is 45.3 Å². The fraction of sp³-hybridized carbons (Fsp3) is 0.0833. The van der Waals surface area contributed by atoms with Crippen molar-refractivity contribution in [2.24, 2.45) is 7.05 Å². The van der Waals surface area contributed by atoms with Gasteiger partial charge in [-0.3, -0.25) is 4.79 Å². The molecule has 0 aliphatic carbocycles. The summed E-state index contributed by atoms with van der Waals surface area (Å²) in [5, 5.41) is 2.08. The van der Waals surface area contributed by atoms with Crippen LogP contribution in [0.25, 0.3) is 21.8 Å². The number of rotatable bonds is 0. The number of aromatic amines is 1. The van der Waals surface area contributed by atoms with Crippen molar-refractivity contribution in [2.45, 2.75) is 0 Å². The van der Waals surface area contributed by atoms with Crippen molar-refractivity contribution in [3.63, 3.8) is 0 Å². The molecule has 80 valence electrons. The van der Waals surface area contributed by atoms with Crippen LogP contribution in [0.5, 0.6) is 0 Å². The van der Waals surface area contributed by atoms with Gasteiger partial charge in [0.05, 0.1) is 11.0 Å². The highest BCUT2D eigenvalue weighted by Crippen LogP contribution is 2.31. The summed E-state index contributed by atoms with van der Waals surface area (Å²) in [6.07, 6.45) is 1.75. The standard InChI is InChI=1S/C12H9BrN2O/c1-15-10-6-14-11(16)5-8(10)7-3-2-4-9(13)12(7)15/h2-6H,1H3,(H,14,16). The van der Waals surface area contributed by atoms with Crippen LogP contribution in [0.1, 0.15) is 0 Å². The van der Waals surface area contributed by atoms with Crippen LogP contribution in [-0.4, -0.2) is 9.55 Å². The molecule has 0 amide bonds. The lowest BCUT2D eigenvalue weighted by Crippen LogP contribution is -2.01. The van der Waals surface area contributed by atoms with Crippen molar-refractivity contribution in [1.29, 1.82) is 0 Å². The summed E-state index contributed by atoms with van der Waals surface area (Å²) in [5.74, 6) is 0. The largest absolute Gasteiger partial charge is 0.341 e. The zero-order chi connectivity index (χ0) is 11.3. The molecule has 16 heavy (non-hydrogen) atoms. The van der Waals surface area contributed by atoms with E-state index in [1.54, 1.807) is 12.3 Å². The number of aromatic nitrogens is 2. The molecular weight excluding hydrogens is 268 g/mol. The number of para-hydroxylation sites is 1. The first-order chi connectivity index (χ1) is 7.68. The summed E-state index contributed by atoms with van der Waals surface area (Å²) in [6.45, 7) is 0. The molecule has 0 bridgehead atoms. The first-order valence-electron chi connectivity index (χ1n) is 4.94. The molecule has 0 atom stereocenters. The first kappa shape index (κ1) is 9.66. The Morgan fingerprint density at radius 2 is 2.12 bits per heavy atom. The third-order valence-corrected chi connectivity index (χ3v) is 3.52. The van der Waals surface area contributed by atoms with Gasteiger partial charge in [0.1, 0.15) is 0 Å². The highest BCUT2D eigenvalue weighted by atomic mass is 79.9. The molecule has 0 saturated heterocycles. The Kier molecular flexibility index (Phi) is 1.94. The Morgan fingerprint density at radius 3 is 2.94 bits per heavy atom. The van der Waals surface area contributed by atoms with Crippen molar-refractivity contribution in [3.8, 4) is 0 Å². The van der Waals surface area contributed by atoms with Gasteiger partial charge in [-0.1, -0.05) is 12.1 Å². The summed E-state index contributed by atoms with van der Waals surface area (Å²) in [4.78, 5) is 14.0. The van der Waals surface area contributed by atoms with E-state index in [1.165, 1.54) is 0 Å². The predicted octanol–water partition coefficient (Wildman–Crippen LogP) is 2.78. The lowest BCUT2D eigenvalue weighted by molar-refractivity contribution is 1.00. The summed E-state index contributed by atoms with van der Waals surface area (Å²) in [6, 6.07) is 7.65. The lowest BCUT2D eigenvalue weighted by Gasteiger charge is -1.99. The van der Waals surface area contributed by atoms with Gasteiger partial charge in [0.15, 0.2) is 0 Å². The average molecular weight is 277 g/mol. The van der Waals surface area contributed by atoms with Gasteiger partial charge in [0.2, 0.25) is 5.56 Å². The van der Waals surface area contributed by atoms with Crippen molar-refractivity contribution >= 4 is 37.7 Å². The van der Waals surface area contributed by atoms with E-state index in [4.69, 9.17) is 0 Å². The van der Waals surface area contributed by atoms with Gasteiger partial charge < -0.3 is 9.55 Å². The van der Waals surface area contributed by atoms with Crippen molar-refractivity contribution < 1.29 is 0 Å². The molecule has 3 nitrogen and oxygen atoms in total. The molecule has 3 aromatic rings. The van der Waals surface area contributed by atoms with Crippen LogP contribution >= 0.6 is 15.9 Å². The Labute approximate surface area is 99.8 Å². The fourth-order valence-corrected chi connectivity index (χ4v) is 2.78. The van der Waals surface area contributed by atoms with Crippen LogP contribution < -0.4 is 5.56 Å². The number of hydrogen-bond donors (Lipinski definition) is 1. The molecule has 0 unspecified atom stereocenters. The number of aryl methyl sites for hydroxylation is 1. The van der Waals surface area contributed by atoms with Crippen LogP contribution in [0.2, 0.25) is 0 Å². The minimum atomic E-state index is -0.0695. The Morgan fingerprint density at radius 1 is 1.31 bits per heavy atom. The van der Waals surface area contributed by atoms with Crippen LogP contribution in [-0.2, 0) is 7.05 Å². The second-order valence-electron chi connectivity index (χ2n) is 3.79. The number of nitrogens with zero attached hydrogens (tertiary/aromatic N) is 1. The summed E-state index contributed by atoms with van der Waals surface area (Å²) in [5.41, 5.74) is 2.07. The molecule has 0 fully saturated rings. The second kappa shape index (κ2) is 3.22. The van der Waals surface area contributed by atoms with Crippen molar-refractivity contribution in [2.75, 3.05) is 0 Å². The number of fused-ring (bicyclic) bond motifs is 3. The monoisotopic (exact) mass is 276 g/mol. The number of pyridine rings is 1. The van der Waals surface area contributed by atoms with Gasteiger partial charge in [-0.05, 0) is 22.0 Å². The van der Waals surface area contributed by atoms with E-state index in [-0.39, 0.29) is 5.56 Å². The van der Waals surface area contributed by atoms with E-state index < -0.39 is 0 Å². The maximum absolute atomic E-state index is 11.3. The van der Waals surface area contributed by atoms with Gasteiger partial charge >= 0.3 is 0 Å².